The monoisotopic (exact) mass is 261 g/mol. The molecule has 2 rings (SSSR count). The molecule has 0 spiro atoms. The fraction of sp³-hybridized carbons (Fsp3) is 0.231. The van der Waals surface area contributed by atoms with E-state index in [-0.39, 0.29) is 18.1 Å². The molecule has 0 aliphatic carbocycles. The molecule has 2 aromatic rings. The van der Waals surface area contributed by atoms with Gasteiger partial charge in [-0.1, -0.05) is 6.07 Å². The van der Waals surface area contributed by atoms with E-state index < -0.39 is 0 Å². The van der Waals surface area contributed by atoms with Gasteiger partial charge in [0, 0.05) is 16.2 Å². The van der Waals surface area contributed by atoms with Gasteiger partial charge in [0.2, 0.25) is 0 Å². The van der Waals surface area contributed by atoms with Gasteiger partial charge in [-0.15, -0.1) is 22.7 Å². The third-order valence-electron chi connectivity index (χ3n) is 2.45. The molecule has 0 saturated heterocycles. The van der Waals surface area contributed by atoms with Gasteiger partial charge in [0.15, 0.2) is 5.78 Å². The van der Waals surface area contributed by atoms with E-state index in [1.54, 1.807) is 0 Å². The van der Waals surface area contributed by atoms with Crippen molar-refractivity contribution in [3.8, 4) is 6.07 Å². The van der Waals surface area contributed by atoms with Gasteiger partial charge < -0.3 is 0 Å². The van der Waals surface area contributed by atoms with Crippen molar-refractivity contribution in [2.45, 2.75) is 19.3 Å². The van der Waals surface area contributed by atoms with E-state index in [2.05, 4.69) is 6.07 Å². The van der Waals surface area contributed by atoms with E-state index in [1.165, 1.54) is 22.7 Å². The number of carbonyl (C=O) groups excluding carboxylic acids is 1. The van der Waals surface area contributed by atoms with Gasteiger partial charge in [-0.05, 0) is 30.5 Å². The number of nitriles is 1. The van der Waals surface area contributed by atoms with E-state index in [0.717, 1.165) is 14.6 Å². The Labute approximate surface area is 108 Å². The lowest BCUT2D eigenvalue weighted by atomic mass is 10.0. The van der Waals surface area contributed by atoms with Crippen LogP contribution in [0.5, 0.6) is 0 Å². The zero-order valence-electron chi connectivity index (χ0n) is 9.34. The lowest BCUT2D eigenvalue weighted by Crippen LogP contribution is -2.03. The number of carbonyl (C=O) groups is 1. The summed E-state index contributed by atoms with van der Waals surface area (Å²) in [7, 11) is 0. The van der Waals surface area contributed by atoms with Crippen molar-refractivity contribution in [3.05, 3.63) is 44.3 Å². The van der Waals surface area contributed by atoms with Crippen LogP contribution >= 0.6 is 22.7 Å². The average Bonchev–Trinajstić information content (AvgIpc) is 2.96. The molecular formula is C13H11NOS2. The molecule has 1 atom stereocenters. The maximum absolute atomic E-state index is 12.0. The summed E-state index contributed by atoms with van der Waals surface area (Å²) in [5, 5.41) is 11.0. The molecule has 0 radical (unpaired) electrons. The van der Waals surface area contributed by atoms with Gasteiger partial charge in [-0.2, -0.15) is 5.26 Å². The molecule has 0 bridgehead atoms. The molecule has 2 nitrogen and oxygen atoms in total. The first-order valence-corrected chi connectivity index (χ1v) is 6.93. The molecule has 4 heteroatoms. The zero-order valence-corrected chi connectivity index (χ0v) is 11.0. The largest absolute Gasteiger partial charge is 0.293 e. The number of hydrogen-bond donors (Lipinski definition) is 0. The summed E-state index contributed by atoms with van der Waals surface area (Å²) in [4.78, 5) is 14.8. The van der Waals surface area contributed by atoms with Gasteiger partial charge in [0.25, 0.3) is 0 Å². The molecule has 0 aliphatic heterocycles. The van der Waals surface area contributed by atoms with Crippen LogP contribution in [0.1, 0.15) is 31.8 Å². The van der Waals surface area contributed by atoms with Crippen molar-refractivity contribution >= 4 is 28.5 Å². The minimum atomic E-state index is -0.315. The van der Waals surface area contributed by atoms with Crippen LogP contribution in [0, 0.1) is 18.3 Å². The second-order valence-corrected chi connectivity index (χ2v) is 6.00. The minimum absolute atomic E-state index is 0.0584. The second kappa shape index (κ2) is 5.26. The Morgan fingerprint density at radius 1 is 1.47 bits per heavy atom. The Kier molecular flexibility index (Phi) is 3.72. The maximum Gasteiger partial charge on any atom is 0.174 e. The zero-order chi connectivity index (χ0) is 12.3. The molecule has 0 fully saturated rings. The lowest BCUT2D eigenvalue weighted by molar-refractivity contribution is 0.0983. The number of Topliss-reactive ketones (excluding diaryl/α,β-unsaturated/α-hetero) is 1. The maximum atomic E-state index is 12.0. The number of thiophene rings is 2. The van der Waals surface area contributed by atoms with Crippen molar-refractivity contribution in [1.82, 2.24) is 0 Å². The van der Waals surface area contributed by atoms with Crippen LogP contribution in [-0.4, -0.2) is 5.78 Å². The standard InChI is InChI=1S/C13H11NOS2/c1-9-4-5-13(17-9)11(15)7-10(8-14)12-3-2-6-16-12/h2-6,10H,7H2,1H3. The first-order chi connectivity index (χ1) is 8.20. The normalized spacial score (nSPS) is 12.0. The smallest absolute Gasteiger partial charge is 0.174 e. The highest BCUT2D eigenvalue weighted by molar-refractivity contribution is 7.14. The number of nitrogens with zero attached hydrogens (tertiary/aromatic N) is 1. The highest BCUT2D eigenvalue weighted by Crippen LogP contribution is 2.27. The quantitative estimate of drug-likeness (QED) is 0.780. The van der Waals surface area contributed by atoms with Crippen LogP contribution in [0.3, 0.4) is 0 Å². The third kappa shape index (κ3) is 2.82. The second-order valence-electron chi connectivity index (χ2n) is 3.73. The van der Waals surface area contributed by atoms with Gasteiger partial charge in [-0.3, -0.25) is 4.79 Å². The summed E-state index contributed by atoms with van der Waals surface area (Å²) in [6, 6.07) is 9.79. The summed E-state index contributed by atoms with van der Waals surface area (Å²) < 4.78 is 0. The molecule has 1 unspecified atom stereocenters. The third-order valence-corrected chi connectivity index (χ3v) is 4.47. The minimum Gasteiger partial charge on any atom is -0.293 e. The van der Waals surface area contributed by atoms with Gasteiger partial charge >= 0.3 is 0 Å². The molecule has 17 heavy (non-hydrogen) atoms. The molecule has 2 heterocycles. The van der Waals surface area contributed by atoms with Crippen molar-refractivity contribution in [1.29, 1.82) is 5.26 Å². The Morgan fingerprint density at radius 2 is 2.29 bits per heavy atom. The predicted octanol–water partition coefficient (Wildman–Crippen LogP) is 4.00. The average molecular weight is 261 g/mol. The number of hydrogen-bond acceptors (Lipinski definition) is 4. The van der Waals surface area contributed by atoms with E-state index in [0.29, 0.717) is 0 Å². The predicted molar refractivity (Wildman–Crippen MR) is 70.7 cm³/mol. The molecule has 0 amide bonds. The first kappa shape index (κ1) is 12.0. The molecular weight excluding hydrogens is 250 g/mol. The summed E-state index contributed by atoms with van der Waals surface area (Å²) in [5.74, 6) is -0.257. The van der Waals surface area contributed by atoms with Crippen LogP contribution in [0.4, 0.5) is 0 Å². The van der Waals surface area contributed by atoms with Gasteiger partial charge in [0.05, 0.1) is 16.9 Å². The lowest BCUT2D eigenvalue weighted by Gasteiger charge is -2.04. The summed E-state index contributed by atoms with van der Waals surface area (Å²) >= 11 is 3.02. The fourth-order valence-electron chi connectivity index (χ4n) is 1.57. The highest BCUT2D eigenvalue weighted by Gasteiger charge is 2.18. The summed E-state index contributed by atoms with van der Waals surface area (Å²) in [6.45, 7) is 1.97. The van der Waals surface area contributed by atoms with Crippen LogP contribution in [0.15, 0.2) is 29.6 Å². The molecule has 86 valence electrons. The number of aryl methyl sites for hydroxylation is 1. The molecule has 0 aliphatic rings. The fourth-order valence-corrected chi connectivity index (χ4v) is 3.16. The topological polar surface area (TPSA) is 40.9 Å². The molecule has 0 saturated carbocycles. The Morgan fingerprint density at radius 3 is 2.82 bits per heavy atom. The van der Waals surface area contributed by atoms with E-state index in [1.807, 2.05) is 36.6 Å². The Balaban J connectivity index is 2.10. The SMILES string of the molecule is Cc1ccc(C(=O)CC(C#N)c2cccs2)s1. The van der Waals surface area contributed by atoms with Crippen LogP contribution in [-0.2, 0) is 0 Å². The van der Waals surface area contributed by atoms with E-state index in [4.69, 9.17) is 5.26 Å². The molecule has 0 aromatic carbocycles. The van der Waals surface area contributed by atoms with Gasteiger partial charge in [0.1, 0.15) is 0 Å². The van der Waals surface area contributed by atoms with Crippen molar-refractivity contribution in [2.24, 2.45) is 0 Å². The highest BCUT2D eigenvalue weighted by atomic mass is 32.1. The van der Waals surface area contributed by atoms with Crippen molar-refractivity contribution in [2.75, 3.05) is 0 Å². The Bertz CT molecular complexity index is 548. The van der Waals surface area contributed by atoms with Crippen LogP contribution < -0.4 is 0 Å². The molecule has 0 N–H and O–H groups in total. The van der Waals surface area contributed by atoms with Crippen molar-refractivity contribution < 1.29 is 4.79 Å². The van der Waals surface area contributed by atoms with Crippen molar-refractivity contribution in [3.63, 3.8) is 0 Å². The Hall–Kier alpha value is -1.44. The first-order valence-electron chi connectivity index (χ1n) is 5.23. The number of ketones is 1. The number of rotatable bonds is 4. The molecule has 2 aromatic heterocycles. The summed E-state index contributed by atoms with van der Waals surface area (Å²) in [6.07, 6.45) is 0.275. The summed E-state index contributed by atoms with van der Waals surface area (Å²) in [5.41, 5.74) is 0. The van der Waals surface area contributed by atoms with E-state index >= 15 is 0 Å². The van der Waals surface area contributed by atoms with E-state index in [9.17, 15) is 4.79 Å². The van der Waals surface area contributed by atoms with Crippen LogP contribution in [0.2, 0.25) is 0 Å². The van der Waals surface area contributed by atoms with Crippen LogP contribution in [0.25, 0.3) is 0 Å². The van der Waals surface area contributed by atoms with Gasteiger partial charge in [-0.25, -0.2) is 0 Å².